The summed E-state index contributed by atoms with van der Waals surface area (Å²) >= 11 is 1.60. The van der Waals surface area contributed by atoms with Crippen LogP contribution in [0.2, 0.25) is 0 Å². The van der Waals surface area contributed by atoms with E-state index in [4.69, 9.17) is 0 Å². The number of thiazole rings is 1. The molecular formula is C15H22N4OS. The summed E-state index contributed by atoms with van der Waals surface area (Å²) < 4.78 is 1.80. The average Bonchev–Trinajstić information content (AvgIpc) is 3.02. The highest BCUT2D eigenvalue weighted by molar-refractivity contribution is 7.09. The van der Waals surface area contributed by atoms with Gasteiger partial charge in [-0.2, -0.15) is 5.10 Å². The van der Waals surface area contributed by atoms with Crippen LogP contribution in [0.25, 0.3) is 0 Å². The smallest absolute Gasteiger partial charge is 0.220 e. The maximum absolute atomic E-state index is 11.9. The van der Waals surface area contributed by atoms with Crippen molar-refractivity contribution >= 4 is 17.2 Å². The predicted octanol–water partition coefficient (Wildman–Crippen LogP) is 2.42. The molecule has 0 saturated carbocycles. The van der Waals surface area contributed by atoms with Crippen molar-refractivity contribution in [2.24, 2.45) is 7.05 Å². The Morgan fingerprint density at radius 3 is 2.76 bits per heavy atom. The maximum atomic E-state index is 11.9. The van der Waals surface area contributed by atoms with Crippen molar-refractivity contribution in [1.82, 2.24) is 20.1 Å². The molecule has 1 amide bonds. The number of nitrogens with one attached hydrogen (secondary N) is 1. The second kappa shape index (κ2) is 6.39. The van der Waals surface area contributed by atoms with E-state index in [-0.39, 0.29) is 11.3 Å². The normalized spacial score (nSPS) is 11.6. The quantitative estimate of drug-likeness (QED) is 0.923. The third-order valence-corrected chi connectivity index (χ3v) is 4.14. The molecule has 5 nitrogen and oxygen atoms in total. The second-order valence-electron chi connectivity index (χ2n) is 6.10. The number of nitrogens with zero attached hydrogens (tertiary/aromatic N) is 3. The molecule has 114 valence electrons. The number of hydrogen-bond donors (Lipinski definition) is 1. The van der Waals surface area contributed by atoms with Crippen LogP contribution in [-0.2, 0) is 30.2 Å². The second-order valence-corrected chi connectivity index (χ2v) is 7.04. The first-order valence-corrected chi connectivity index (χ1v) is 7.92. The van der Waals surface area contributed by atoms with Gasteiger partial charge in [0.25, 0.3) is 0 Å². The van der Waals surface area contributed by atoms with Crippen LogP contribution in [0.4, 0.5) is 0 Å². The van der Waals surface area contributed by atoms with E-state index in [0.717, 1.165) is 16.4 Å². The minimum atomic E-state index is 0.0451. The van der Waals surface area contributed by atoms with Gasteiger partial charge in [0, 0.05) is 36.2 Å². The average molecular weight is 306 g/mol. The van der Waals surface area contributed by atoms with E-state index in [2.05, 4.69) is 41.6 Å². The zero-order valence-corrected chi connectivity index (χ0v) is 13.8. The third kappa shape index (κ3) is 4.39. The van der Waals surface area contributed by atoms with Crippen molar-refractivity contribution in [3.63, 3.8) is 0 Å². The standard InChI is InChI=1S/C15H22N4OS/c1-15(2,3)12-10-21-14(18-12)9-16-13(20)6-5-11-7-8-17-19(11)4/h7-8,10H,5-6,9H2,1-4H3,(H,16,20). The van der Waals surface area contributed by atoms with Crippen molar-refractivity contribution in [1.29, 1.82) is 0 Å². The molecule has 2 aromatic heterocycles. The summed E-state index contributed by atoms with van der Waals surface area (Å²) in [7, 11) is 1.89. The number of carbonyl (C=O) groups is 1. The van der Waals surface area contributed by atoms with Gasteiger partial charge >= 0.3 is 0 Å². The number of carbonyl (C=O) groups excluding carboxylic acids is 1. The number of hydrogen-bond acceptors (Lipinski definition) is 4. The molecule has 0 aliphatic heterocycles. The summed E-state index contributed by atoms with van der Waals surface area (Å²) in [4.78, 5) is 16.4. The van der Waals surface area contributed by atoms with Gasteiger partial charge in [-0.1, -0.05) is 20.8 Å². The van der Waals surface area contributed by atoms with Gasteiger partial charge in [0.15, 0.2) is 0 Å². The van der Waals surface area contributed by atoms with Crippen molar-refractivity contribution in [3.05, 3.63) is 34.0 Å². The number of amides is 1. The molecule has 2 heterocycles. The lowest BCUT2D eigenvalue weighted by Gasteiger charge is -2.14. The highest BCUT2D eigenvalue weighted by atomic mass is 32.1. The molecule has 0 unspecified atom stereocenters. The van der Waals surface area contributed by atoms with Gasteiger partial charge in [-0.25, -0.2) is 4.98 Å². The molecule has 0 saturated heterocycles. The fourth-order valence-corrected chi connectivity index (χ4v) is 2.85. The summed E-state index contributed by atoms with van der Waals surface area (Å²) in [6, 6.07) is 1.93. The molecule has 1 N–H and O–H groups in total. The molecule has 0 aliphatic carbocycles. The summed E-state index contributed by atoms with van der Waals surface area (Å²) in [5, 5.41) is 10.0. The summed E-state index contributed by atoms with van der Waals surface area (Å²) in [6.45, 7) is 6.92. The Morgan fingerprint density at radius 1 is 1.43 bits per heavy atom. The van der Waals surface area contributed by atoms with Crippen LogP contribution < -0.4 is 5.32 Å². The van der Waals surface area contributed by atoms with E-state index in [1.807, 2.05) is 13.1 Å². The Hall–Kier alpha value is -1.69. The van der Waals surface area contributed by atoms with Crippen LogP contribution in [0.5, 0.6) is 0 Å². The highest BCUT2D eigenvalue weighted by Crippen LogP contribution is 2.23. The molecule has 0 radical (unpaired) electrons. The van der Waals surface area contributed by atoms with Crippen molar-refractivity contribution in [2.45, 2.75) is 45.6 Å². The Bertz CT molecular complexity index is 609. The van der Waals surface area contributed by atoms with Crippen LogP contribution in [0.15, 0.2) is 17.6 Å². The largest absolute Gasteiger partial charge is 0.350 e. The summed E-state index contributed by atoms with van der Waals surface area (Å²) in [5.41, 5.74) is 2.19. The van der Waals surface area contributed by atoms with Crippen LogP contribution in [0.1, 0.15) is 43.6 Å². The molecular weight excluding hydrogens is 284 g/mol. The maximum Gasteiger partial charge on any atom is 0.220 e. The van der Waals surface area contributed by atoms with Crippen molar-refractivity contribution < 1.29 is 4.79 Å². The lowest BCUT2D eigenvalue weighted by Crippen LogP contribution is -2.23. The summed E-state index contributed by atoms with van der Waals surface area (Å²) in [5.74, 6) is 0.0451. The fourth-order valence-electron chi connectivity index (χ4n) is 1.89. The molecule has 2 rings (SSSR count). The first-order chi connectivity index (χ1) is 9.86. The van der Waals surface area contributed by atoms with Gasteiger partial charge in [0.2, 0.25) is 5.91 Å². The minimum Gasteiger partial charge on any atom is -0.350 e. The fraction of sp³-hybridized carbons (Fsp3) is 0.533. The molecule has 0 fully saturated rings. The van der Waals surface area contributed by atoms with Crippen LogP contribution in [0.3, 0.4) is 0 Å². The van der Waals surface area contributed by atoms with E-state index >= 15 is 0 Å². The number of aromatic nitrogens is 3. The van der Waals surface area contributed by atoms with E-state index in [9.17, 15) is 4.79 Å². The number of rotatable bonds is 5. The molecule has 0 bridgehead atoms. The first-order valence-electron chi connectivity index (χ1n) is 7.05. The Kier molecular flexibility index (Phi) is 4.77. The van der Waals surface area contributed by atoms with Crippen LogP contribution in [-0.4, -0.2) is 20.7 Å². The molecule has 2 aromatic rings. The monoisotopic (exact) mass is 306 g/mol. The number of aryl methyl sites for hydroxylation is 2. The molecule has 0 spiro atoms. The molecule has 0 aromatic carbocycles. The van der Waals surface area contributed by atoms with E-state index in [0.29, 0.717) is 19.4 Å². The van der Waals surface area contributed by atoms with Crippen LogP contribution >= 0.6 is 11.3 Å². The van der Waals surface area contributed by atoms with Gasteiger partial charge < -0.3 is 5.32 Å². The molecule has 0 aliphatic rings. The molecule has 6 heteroatoms. The van der Waals surface area contributed by atoms with Gasteiger partial charge in [0.1, 0.15) is 5.01 Å². The minimum absolute atomic E-state index is 0.0451. The van der Waals surface area contributed by atoms with E-state index in [1.165, 1.54) is 0 Å². The van der Waals surface area contributed by atoms with Crippen LogP contribution in [0, 0.1) is 0 Å². The Balaban J connectivity index is 1.79. The summed E-state index contributed by atoms with van der Waals surface area (Å²) in [6.07, 6.45) is 2.92. The van der Waals surface area contributed by atoms with E-state index < -0.39 is 0 Å². The van der Waals surface area contributed by atoms with Gasteiger partial charge in [0.05, 0.1) is 12.2 Å². The zero-order valence-electron chi connectivity index (χ0n) is 13.0. The van der Waals surface area contributed by atoms with Gasteiger partial charge in [-0.05, 0) is 12.5 Å². The first kappa shape index (κ1) is 15.7. The Morgan fingerprint density at radius 2 is 2.19 bits per heavy atom. The zero-order chi connectivity index (χ0) is 15.5. The molecule has 21 heavy (non-hydrogen) atoms. The third-order valence-electron chi connectivity index (χ3n) is 3.29. The molecule has 0 atom stereocenters. The highest BCUT2D eigenvalue weighted by Gasteiger charge is 2.17. The lowest BCUT2D eigenvalue weighted by molar-refractivity contribution is -0.121. The van der Waals surface area contributed by atoms with Gasteiger partial charge in [-0.15, -0.1) is 11.3 Å². The van der Waals surface area contributed by atoms with Crippen molar-refractivity contribution in [3.8, 4) is 0 Å². The van der Waals surface area contributed by atoms with E-state index in [1.54, 1.807) is 22.2 Å². The van der Waals surface area contributed by atoms with Crippen molar-refractivity contribution in [2.75, 3.05) is 0 Å². The SMILES string of the molecule is Cn1nccc1CCC(=O)NCc1nc(C(C)(C)C)cs1. The predicted molar refractivity (Wildman–Crippen MR) is 84.2 cm³/mol. The lowest BCUT2D eigenvalue weighted by atomic mass is 9.93. The topological polar surface area (TPSA) is 59.8 Å². The van der Waals surface area contributed by atoms with Gasteiger partial charge in [-0.3, -0.25) is 9.48 Å². The Labute approximate surface area is 129 Å².